The highest BCUT2D eigenvalue weighted by Crippen LogP contribution is 2.37. The maximum absolute atomic E-state index is 9.46. The molecular formula is C17H28N2O2Si. The Labute approximate surface area is 135 Å². The van der Waals surface area contributed by atoms with Crippen molar-refractivity contribution < 1.29 is 9.16 Å². The molecule has 1 aromatic carbocycles. The number of benzene rings is 1. The Hall–Kier alpha value is -1.51. The van der Waals surface area contributed by atoms with E-state index in [1.54, 1.807) is 7.11 Å². The molecule has 0 amide bonds. The van der Waals surface area contributed by atoms with Gasteiger partial charge in [0.05, 0.1) is 19.3 Å². The molecule has 0 saturated carbocycles. The van der Waals surface area contributed by atoms with Crippen LogP contribution in [0.15, 0.2) is 24.3 Å². The Morgan fingerprint density at radius 3 is 2.14 bits per heavy atom. The van der Waals surface area contributed by atoms with Crippen LogP contribution in [0.1, 0.15) is 27.7 Å². The monoisotopic (exact) mass is 320 g/mol. The van der Waals surface area contributed by atoms with E-state index in [-0.39, 0.29) is 17.2 Å². The fourth-order valence-corrected chi connectivity index (χ4v) is 3.25. The van der Waals surface area contributed by atoms with Crippen molar-refractivity contribution in [2.45, 2.75) is 58.0 Å². The SMILES string of the molecule is COc1ccc(N[C@H](C#N)[C@H](C)O[Si](C)(C)C(C)(C)C)cc1. The highest BCUT2D eigenvalue weighted by atomic mass is 28.4. The van der Waals surface area contributed by atoms with Gasteiger partial charge in [-0.25, -0.2) is 0 Å². The van der Waals surface area contributed by atoms with Crippen LogP contribution in [0.25, 0.3) is 0 Å². The Balaban J connectivity index is 2.76. The van der Waals surface area contributed by atoms with E-state index in [4.69, 9.17) is 9.16 Å². The molecule has 4 nitrogen and oxygen atoms in total. The molecule has 0 bridgehead atoms. The zero-order valence-corrected chi connectivity index (χ0v) is 15.7. The summed E-state index contributed by atoms with van der Waals surface area (Å²) in [5.41, 5.74) is 0.887. The van der Waals surface area contributed by atoms with Crippen LogP contribution in [-0.2, 0) is 4.43 Å². The summed E-state index contributed by atoms with van der Waals surface area (Å²) in [6.45, 7) is 13.0. The van der Waals surface area contributed by atoms with Crippen molar-refractivity contribution in [2.24, 2.45) is 0 Å². The van der Waals surface area contributed by atoms with Crippen LogP contribution in [0.3, 0.4) is 0 Å². The van der Waals surface area contributed by atoms with Gasteiger partial charge in [-0.15, -0.1) is 0 Å². The molecule has 0 fully saturated rings. The van der Waals surface area contributed by atoms with Crippen molar-refractivity contribution in [1.29, 1.82) is 5.26 Å². The van der Waals surface area contributed by atoms with E-state index in [1.165, 1.54) is 0 Å². The summed E-state index contributed by atoms with van der Waals surface area (Å²) in [4.78, 5) is 0. The Morgan fingerprint density at radius 2 is 1.73 bits per heavy atom. The maximum atomic E-state index is 9.46. The number of nitrogens with one attached hydrogen (secondary N) is 1. The molecular weight excluding hydrogens is 292 g/mol. The first-order valence-corrected chi connectivity index (χ1v) is 10.5. The second-order valence-corrected chi connectivity index (χ2v) is 11.8. The van der Waals surface area contributed by atoms with Crippen molar-refractivity contribution >= 4 is 14.0 Å². The molecule has 0 heterocycles. The standard InChI is InChI=1S/C17H28N2O2Si/c1-13(21-22(6,7)17(2,3)4)16(12-18)19-14-8-10-15(20-5)11-9-14/h8-11,13,16,19H,1-7H3/t13-,16+/m0/s1. The summed E-state index contributed by atoms with van der Waals surface area (Å²) in [5.74, 6) is 0.796. The van der Waals surface area contributed by atoms with E-state index in [2.05, 4.69) is 45.3 Å². The number of hydrogen-bond acceptors (Lipinski definition) is 4. The van der Waals surface area contributed by atoms with Gasteiger partial charge in [0.2, 0.25) is 0 Å². The zero-order chi connectivity index (χ0) is 17.0. The average Bonchev–Trinajstić information content (AvgIpc) is 2.43. The minimum atomic E-state index is -1.89. The minimum absolute atomic E-state index is 0.126. The van der Waals surface area contributed by atoms with Gasteiger partial charge in [-0.1, -0.05) is 20.8 Å². The minimum Gasteiger partial charge on any atom is -0.497 e. The second kappa shape index (κ2) is 7.17. The van der Waals surface area contributed by atoms with Crippen LogP contribution in [-0.4, -0.2) is 27.6 Å². The van der Waals surface area contributed by atoms with E-state index in [0.717, 1.165) is 11.4 Å². The van der Waals surface area contributed by atoms with Gasteiger partial charge in [-0.3, -0.25) is 0 Å². The number of ether oxygens (including phenoxy) is 1. The van der Waals surface area contributed by atoms with Gasteiger partial charge >= 0.3 is 0 Å². The molecule has 2 atom stereocenters. The molecule has 0 aliphatic heterocycles. The normalized spacial score (nSPS) is 14.8. The van der Waals surface area contributed by atoms with Crippen molar-refractivity contribution in [3.8, 4) is 11.8 Å². The number of nitriles is 1. The Kier molecular flexibility index (Phi) is 6.04. The van der Waals surface area contributed by atoms with Gasteiger partial charge in [-0.2, -0.15) is 5.26 Å². The summed E-state index contributed by atoms with van der Waals surface area (Å²) < 4.78 is 11.4. The summed E-state index contributed by atoms with van der Waals surface area (Å²) in [6.07, 6.45) is -0.173. The van der Waals surface area contributed by atoms with Gasteiger partial charge in [0.15, 0.2) is 8.32 Å². The zero-order valence-electron chi connectivity index (χ0n) is 14.7. The third-order valence-corrected chi connectivity index (χ3v) is 8.88. The van der Waals surface area contributed by atoms with Crippen molar-refractivity contribution in [2.75, 3.05) is 12.4 Å². The largest absolute Gasteiger partial charge is 0.497 e. The van der Waals surface area contributed by atoms with Gasteiger partial charge in [0.1, 0.15) is 11.8 Å². The lowest BCUT2D eigenvalue weighted by Crippen LogP contribution is -2.47. The Bertz CT molecular complexity index is 515. The summed E-state index contributed by atoms with van der Waals surface area (Å²) in [5, 5.41) is 12.8. The van der Waals surface area contributed by atoms with Crippen LogP contribution in [0, 0.1) is 11.3 Å². The van der Waals surface area contributed by atoms with Gasteiger partial charge in [0.25, 0.3) is 0 Å². The van der Waals surface area contributed by atoms with E-state index < -0.39 is 8.32 Å². The predicted octanol–water partition coefficient (Wildman–Crippen LogP) is 4.41. The van der Waals surface area contributed by atoms with E-state index in [1.807, 2.05) is 31.2 Å². The summed E-state index contributed by atoms with van der Waals surface area (Å²) in [6, 6.07) is 9.47. The summed E-state index contributed by atoms with van der Waals surface area (Å²) >= 11 is 0. The quantitative estimate of drug-likeness (QED) is 0.789. The lowest BCUT2D eigenvalue weighted by molar-refractivity contribution is 0.193. The first-order valence-electron chi connectivity index (χ1n) is 7.59. The molecule has 1 rings (SSSR count). The first kappa shape index (κ1) is 18.5. The molecule has 0 unspecified atom stereocenters. The van der Waals surface area contributed by atoms with Gasteiger partial charge < -0.3 is 14.5 Å². The molecule has 1 aromatic rings. The number of hydrogen-bond donors (Lipinski definition) is 1. The molecule has 0 aliphatic rings. The third kappa shape index (κ3) is 4.75. The molecule has 0 spiro atoms. The molecule has 0 aliphatic carbocycles. The predicted molar refractivity (Wildman–Crippen MR) is 93.8 cm³/mol. The lowest BCUT2D eigenvalue weighted by atomic mass is 10.2. The second-order valence-electron chi connectivity index (χ2n) is 7.06. The van der Waals surface area contributed by atoms with Crippen molar-refractivity contribution in [1.82, 2.24) is 0 Å². The van der Waals surface area contributed by atoms with Crippen LogP contribution < -0.4 is 10.1 Å². The maximum Gasteiger partial charge on any atom is 0.192 e. The number of anilines is 1. The topological polar surface area (TPSA) is 54.3 Å². The molecule has 0 radical (unpaired) electrons. The van der Waals surface area contributed by atoms with E-state index in [0.29, 0.717) is 0 Å². The average molecular weight is 321 g/mol. The summed E-state index contributed by atoms with van der Waals surface area (Å²) in [7, 11) is -0.256. The number of nitrogens with zero attached hydrogens (tertiary/aromatic N) is 1. The molecule has 0 saturated heterocycles. The first-order chi connectivity index (χ1) is 10.1. The fourth-order valence-electron chi connectivity index (χ4n) is 1.83. The van der Waals surface area contributed by atoms with E-state index in [9.17, 15) is 5.26 Å². The molecule has 22 heavy (non-hydrogen) atoms. The highest BCUT2D eigenvalue weighted by Gasteiger charge is 2.39. The fraction of sp³-hybridized carbons (Fsp3) is 0.588. The van der Waals surface area contributed by atoms with Crippen LogP contribution in [0.5, 0.6) is 5.75 Å². The van der Waals surface area contributed by atoms with Crippen LogP contribution in [0.4, 0.5) is 5.69 Å². The van der Waals surface area contributed by atoms with Gasteiger partial charge in [0, 0.05) is 5.69 Å². The molecule has 122 valence electrons. The smallest absolute Gasteiger partial charge is 0.192 e. The molecule has 5 heteroatoms. The van der Waals surface area contributed by atoms with E-state index >= 15 is 0 Å². The number of rotatable bonds is 6. The third-order valence-electron chi connectivity index (χ3n) is 4.31. The lowest BCUT2D eigenvalue weighted by Gasteiger charge is -2.39. The Morgan fingerprint density at radius 1 is 1.18 bits per heavy atom. The van der Waals surface area contributed by atoms with Gasteiger partial charge in [-0.05, 0) is 49.3 Å². The van der Waals surface area contributed by atoms with Crippen molar-refractivity contribution in [3.05, 3.63) is 24.3 Å². The van der Waals surface area contributed by atoms with Crippen LogP contribution >= 0.6 is 0 Å². The molecule has 1 N–H and O–H groups in total. The molecule has 0 aromatic heterocycles. The van der Waals surface area contributed by atoms with Crippen molar-refractivity contribution in [3.63, 3.8) is 0 Å². The number of methoxy groups -OCH3 is 1. The van der Waals surface area contributed by atoms with Crippen LogP contribution in [0.2, 0.25) is 18.1 Å². The highest BCUT2D eigenvalue weighted by molar-refractivity contribution is 6.74.